The lowest BCUT2D eigenvalue weighted by molar-refractivity contribution is -0.128. The summed E-state index contributed by atoms with van der Waals surface area (Å²) in [5, 5.41) is 0. The number of amides is 2. The summed E-state index contributed by atoms with van der Waals surface area (Å²) in [6, 6.07) is 3.61. The lowest BCUT2D eigenvalue weighted by atomic mass is 10.2. The molecule has 8 nitrogen and oxygen atoms in total. The van der Waals surface area contributed by atoms with Crippen LogP contribution in [0.5, 0.6) is 0 Å². The summed E-state index contributed by atoms with van der Waals surface area (Å²) in [6.07, 6.45) is 0. The molecule has 0 saturated heterocycles. The van der Waals surface area contributed by atoms with Crippen molar-refractivity contribution in [1.29, 1.82) is 0 Å². The molecule has 0 aliphatic carbocycles. The fourth-order valence-electron chi connectivity index (χ4n) is 1.49. The third-order valence-electron chi connectivity index (χ3n) is 2.90. The average molecular weight is 314 g/mol. The van der Waals surface area contributed by atoms with Crippen molar-refractivity contribution >= 4 is 27.5 Å². The molecule has 0 fully saturated rings. The number of benzene rings is 1. The van der Waals surface area contributed by atoms with Crippen molar-refractivity contribution in [3.63, 3.8) is 0 Å². The minimum atomic E-state index is -3.94. The van der Waals surface area contributed by atoms with Crippen LogP contribution in [0.25, 0.3) is 0 Å². The minimum absolute atomic E-state index is 0.105. The summed E-state index contributed by atoms with van der Waals surface area (Å²) in [4.78, 5) is 23.7. The molecule has 9 heteroatoms. The number of nitrogens with zero attached hydrogens (tertiary/aromatic N) is 1. The summed E-state index contributed by atoms with van der Waals surface area (Å²) in [5.41, 5.74) is 10.7. The van der Waals surface area contributed by atoms with Gasteiger partial charge in [0.15, 0.2) is 0 Å². The van der Waals surface area contributed by atoms with Crippen LogP contribution in [0.1, 0.15) is 17.3 Å². The standard InChI is InChI=1S/C12H18N4O4S/c1-3-16(2)11(17)7-15-21(19,20)10-5-4-8(12(14)18)6-9(10)13/h4-6,15H,3,7,13H2,1-2H3,(H2,14,18). The molecule has 1 rings (SSSR count). The van der Waals surface area contributed by atoms with Crippen LogP contribution in [0, 0.1) is 0 Å². The Morgan fingerprint density at radius 3 is 2.43 bits per heavy atom. The normalized spacial score (nSPS) is 11.1. The Kier molecular flexibility index (Phi) is 5.28. The maximum absolute atomic E-state index is 12.1. The molecular weight excluding hydrogens is 296 g/mol. The smallest absolute Gasteiger partial charge is 0.248 e. The second kappa shape index (κ2) is 6.55. The molecule has 0 aliphatic heterocycles. The topological polar surface area (TPSA) is 136 Å². The zero-order chi connectivity index (χ0) is 16.2. The number of nitrogens with one attached hydrogen (secondary N) is 1. The molecule has 1 aromatic rings. The molecule has 0 atom stereocenters. The van der Waals surface area contributed by atoms with Crippen LogP contribution in [-0.2, 0) is 14.8 Å². The first-order valence-corrected chi connectivity index (χ1v) is 7.60. The molecule has 21 heavy (non-hydrogen) atoms. The van der Waals surface area contributed by atoms with Crippen LogP contribution in [0.3, 0.4) is 0 Å². The van der Waals surface area contributed by atoms with E-state index in [1.165, 1.54) is 23.1 Å². The van der Waals surface area contributed by atoms with E-state index in [9.17, 15) is 18.0 Å². The quantitative estimate of drug-likeness (QED) is 0.586. The molecule has 5 N–H and O–H groups in total. The summed E-state index contributed by atoms with van der Waals surface area (Å²) >= 11 is 0. The van der Waals surface area contributed by atoms with Crippen LogP contribution in [0.4, 0.5) is 5.69 Å². The number of sulfonamides is 1. The van der Waals surface area contributed by atoms with Crippen molar-refractivity contribution in [3.05, 3.63) is 23.8 Å². The molecule has 2 amide bonds. The van der Waals surface area contributed by atoms with Crippen molar-refractivity contribution < 1.29 is 18.0 Å². The van der Waals surface area contributed by atoms with Gasteiger partial charge < -0.3 is 16.4 Å². The average Bonchev–Trinajstić information content (AvgIpc) is 2.43. The van der Waals surface area contributed by atoms with Crippen LogP contribution >= 0.6 is 0 Å². The number of anilines is 1. The zero-order valence-corrected chi connectivity index (χ0v) is 12.6. The highest BCUT2D eigenvalue weighted by Gasteiger charge is 2.20. The second-order valence-electron chi connectivity index (χ2n) is 4.35. The van der Waals surface area contributed by atoms with E-state index in [0.29, 0.717) is 6.54 Å². The fourth-order valence-corrected chi connectivity index (χ4v) is 2.58. The van der Waals surface area contributed by atoms with Crippen molar-refractivity contribution in [2.24, 2.45) is 5.73 Å². The fraction of sp³-hybridized carbons (Fsp3) is 0.333. The first kappa shape index (κ1) is 16.9. The Hall–Kier alpha value is -2.13. The monoisotopic (exact) mass is 314 g/mol. The molecule has 0 radical (unpaired) electrons. The Morgan fingerprint density at radius 2 is 1.95 bits per heavy atom. The largest absolute Gasteiger partial charge is 0.398 e. The minimum Gasteiger partial charge on any atom is -0.398 e. The maximum Gasteiger partial charge on any atom is 0.248 e. The van der Waals surface area contributed by atoms with Gasteiger partial charge in [-0.25, -0.2) is 13.1 Å². The van der Waals surface area contributed by atoms with Crippen molar-refractivity contribution in [2.45, 2.75) is 11.8 Å². The molecule has 0 aromatic heterocycles. The van der Waals surface area contributed by atoms with Gasteiger partial charge in [0.2, 0.25) is 21.8 Å². The van der Waals surface area contributed by atoms with E-state index in [2.05, 4.69) is 4.72 Å². The van der Waals surface area contributed by atoms with Gasteiger partial charge in [0, 0.05) is 19.2 Å². The van der Waals surface area contributed by atoms with E-state index in [4.69, 9.17) is 11.5 Å². The van der Waals surface area contributed by atoms with E-state index in [1.807, 2.05) is 0 Å². The Bertz CT molecular complexity index is 657. The third kappa shape index (κ3) is 4.17. The molecule has 0 unspecified atom stereocenters. The molecule has 0 spiro atoms. The molecule has 1 aromatic carbocycles. The first-order valence-electron chi connectivity index (χ1n) is 6.12. The molecular formula is C12H18N4O4S. The van der Waals surface area contributed by atoms with Crippen LogP contribution < -0.4 is 16.2 Å². The Balaban J connectivity index is 2.94. The Labute approximate surface area is 123 Å². The number of nitrogens with two attached hydrogens (primary N) is 2. The van der Waals surface area contributed by atoms with E-state index in [0.717, 1.165) is 0 Å². The number of rotatable bonds is 6. The SMILES string of the molecule is CCN(C)C(=O)CNS(=O)(=O)c1ccc(C(N)=O)cc1N. The summed E-state index contributed by atoms with van der Waals surface area (Å²) in [7, 11) is -2.38. The number of carbonyl (C=O) groups is 2. The van der Waals surface area contributed by atoms with Crippen LogP contribution in [0.15, 0.2) is 23.1 Å². The van der Waals surface area contributed by atoms with Gasteiger partial charge in [-0.3, -0.25) is 9.59 Å². The lowest BCUT2D eigenvalue weighted by Crippen LogP contribution is -2.38. The third-order valence-corrected chi connectivity index (χ3v) is 4.37. The molecule has 0 aliphatic rings. The Morgan fingerprint density at radius 1 is 1.33 bits per heavy atom. The number of likely N-dealkylation sites (N-methyl/N-ethyl adjacent to an activating group) is 1. The molecule has 116 valence electrons. The van der Waals surface area contributed by atoms with Gasteiger partial charge in [0.05, 0.1) is 12.2 Å². The van der Waals surface area contributed by atoms with Crippen molar-refractivity contribution in [2.75, 3.05) is 25.9 Å². The number of hydrogen-bond donors (Lipinski definition) is 3. The van der Waals surface area contributed by atoms with E-state index in [1.54, 1.807) is 14.0 Å². The van der Waals surface area contributed by atoms with E-state index >= 15 is 0 Å². The molecule has 0 saturated carbocycles. The van der Waals surface area contributed by atoms with Gasteiger partial charge in [-0.1, -0.05) is 0 Å². The number of hydrogen-bond acceptors (Lipinski definition) is 5. The highest BCUT2D eigenvalue weighted by Crippen LogP contribution is 2.19. The highest BCUT2D eigenvalue weighted by atomic mass is 32.2. The number of primary amides is 1. The predicted molar refractivity (Wildman–Crippen MR) is 77.9 cm³/mol. The van der Waals surface area contributed by atoms with Crippen LogP contribution in [0.2, 0.25) is 0 Å². The van der Waals surface area contributed by atoms with Crippen molar-refractivity contribution in [3.8, 4) is 0 Å². The number of carbonyl (C=O) groups excluding carboxylic acids is 2. The van der Waals surface area contributed by atoms with Gasteiger partial charge in [-0.05, 0) is 25.1 Å². The summed E-state index contributed by atoms with van der Waals surface area (Å²) in [5.74, 6) is -1.08. The molecule has 0 heterocycles. The summed E-state index contributed by atoms with van der Waals surface area (Å²) in [6.45, 7) is 1.87. The second-order valence-corrected chi connectivity index (χ2v) is 6.08. The van der Waals surface area contributed by atoms with Gasteiger partial charge in [0.1, 0.15) is 4.90 Å². The number of nitrogen functional groups attached to an aromatic ring is 1. The van der Waals surface area contributed by atoms with E-state index in [-0.39, 0.29) is 28.6 Å². The summed E-state index contributed by atoms with van der Waals surface area (Å²) < 4.78 is 26.3. The predicted octanol–water partition coefficient (Wildman–Crippen LogP) is -0.876. The van der Waals surface area contributed by atoms with Crippen molar-refractivity contribution in [1.82, 2.24) is 9.62 Å². The van der Waals surface area contributed by atoms with Crippen LogP contribution in [-0.4, -0.2) is 45.3 Å². The highest BCUT2D eigenvalue weighted by molar-refractivity contribution is 7.89. The lowest BCUT2D eigenvalue weighted by Gasteiger charge is -2.15. The first-order chi connectivity index (χ1) is 9.69. The maximum atomic E-state index is 12.1. The molecule has 0 bridgehead atoms. The van der Waals surface area contributed by atoms with Gasteiger partial charge >= 0.3 is 0 Å². The van der Waals surface area contributed by atoms with Gasteiger partial charge in [-0.2, -0.15) is 0 Å². The zero-order valence-electron chi connectivity index (χ0n) is 11.8. The van der Waals surface area contributed by atoms with Gasteiger partial charge in [0.25, 0.3) is 0 Å². The van der Waals surface area contributed by atoms with E-state index < -0.39 is 15.9 Å². The van der Waals surface area contributed by atoms with Gasteiger partial charge in [-0.15, -0.1) is 0 Å².